The van der Waals surface area contributed by atoms with E-state index >= 15 is 0 Å². The summed E-state index contributed by atoms with van der Waals surface area (Å²) in [6.07, 6.45) is 3.57. The van der Waals surface area contributed by atoms with Crippen LogP contribution >= 0.6 is 12.2 Å². The van der Waals surface area contributed by atoms with Gasteiger partial charge in [0.2, 0.25) is 0 Å². The zero-order valence-electron chi connectivity index (χ0n) is 9.14. The molecule has 0 radical (unpaired) electrons. The molecule has 0 bridgehead atoms. The monoisotopic (exact) mass is 232 g/mol. The molecule has 0 amide bonds. The Balaban J connectivity index is 2.65. The molecule has 5 heteroatoms. The second-order valence-electron chi connectivity index (χ2n) is 3.59. The maximum absolute atomic E-state index is 5.71. The van der Waals surface area contributed by atoms with Crippen LogP contribution in [0, 0.1) is 13.8 Å². The van der Waals surface area contributed by atoms with Crippen LogP contribution in [-0.2, 0) is 0 Å². The summed E-state index contributed by atoms with van der Waals surface area (Å²) in [6.45, 7) is 3.88. The maximum Gasteiger partial charge on any atom is 0.163 e. The predicted molar refractivity (Wildman–Crippen MR) is 66.7 cm³/mol. The van der Waals surface area contributed by atoms with Gasteiger partial charge in [-0.05, 0) is 31.5 Å². The predicted octanol–water partition coefficient (Wildman–Crippen LogP) is 1.52. The summed E-state index contributed by atoms with van der Waals surface area (Å²) in [5, 5.41) is 4.30. The van der Waals surface area contributed by atoms with Crippen LogP contribution in [0.15, 0.2) is 24.5 Å². The molecular weight excluding hydrogens is 220 g/mol. The van der Waals surface area contributed by atoms with E-state index in [9.17, 15) is 0 Å². The van der Waals surface area contributed by atoms with Crippen molar-refractivity contribution in [2.45, 2.75) is 13.8 Å². The lowest BCUT2D eigenvalue weighted by Gasteiger charge is -2.09. The minimum Gasteiger partial charge on any atom is -0.389 e. The van der Waals surface area contributed by atoms with Gasteiger partial charge < -0.3 is 5.73 Å². The molecule has 0 aliphatic carbocycles. The number of nitrogens with zero attached hydrogens (tertiary/aromatic N) is 3. The summed E-state index contributed by atoms with van der Waals surface area (Å²) in [5.41, 5.74) is 8.42. The van der Waals surface area contributed by atoms with Crippen LogP contribution in [0.5, 0.6) is 0 Å². The fourth-order valence-electron chi connectivity index (χ4n) is 1.56. The Hall–Kier alpha value is -1.75. The molecule has 0 spiro atoms. The van der Waals surface area contributed by atoms with Crippen molar-refractivity contribution in [3.63, 3.8) is 0 Å². The number of aromatic nitrogens is 3. The summed E-state index contributed by atoms with van der Waals surface area (Å²) < 4.78 is 1.69. The third-order valence-corrected chi connectivity index (χ3v) is 2.53. The van der Waals surface area contributed by atoms with Crippen molar-refractivity contribution >= 4 is 17.2 Å². The fraction of sp³-hybridized carbons (Fsp3) is 0.182. The van der Waals surface area contributed by atoms with E-state index in [0.717, 1.165) is 16.8 Å². The number of rotatable bonds is 2. The van der Waals surface area contributed by atoms with E-state index in [-0.39, 0.29) is 0 Å². The van der Waals surface area contributed by atoms with Gasteiger partial charge in [0.05, 0.1) is 11.3 Å². The quantitative estimate of drug-likeness (QED) is 0.798. The first-order valence-electron chi connectivity index (χ1n) is 4.87. The molecule has 2 heterocycles. The summed E-state index contributed by atoms with van der Waals surface area (Å²) in [6, 6.07) is 3.79. The average molecular weight is 232 g/mol. The highest BCUT2D eigenvalue weighted by atomic mass is 32.1. The van der Waals surface area contributed by atoms with E-state index in [0.29, 0.717) is 10.8 Å². The molecule has 2 N–H and O–H groups in total. The third kappa shape index (κ3) is 1.81. The number of hydrogen-bond acceptors (Lipinski definition) is 3. The van der Waals surface area contributed by atoms with Gasteiger partial charge in [-0.25, -0.2) is 9.67 Å². The van der Waals surface area contributed by atoms with Crippen LogP contribution in [0.3, 0.4) is 0 Å². The first-order chi connectivity index (χ1) is 7.59. The Kier molecular flexibility index (Phi) is 2.70. The van der Waals surface area contributed by atoms with Crippen LogP contribution in [-0.4, -0.2) is 19.8 Å². The fourth-order valence-corrected chi connectivity index (χ4v) is 1.81. The highest BCUT2D eigenvalue weighted by molar-refractivity contribution is 7.80. The molecule has 16 heavy (non-hydrogen) atoms. The Morgan fingerprint density at radius 2 is 2.12 bits per heavy atom. The van der Waals surface area contributed by atoms with Crippen LogP contribution in [0.2, 0.25) is 0 Å². The molecule has 0 aliphatic heterocycles. The van der Waals surface area contributed by atoms with Gasteiger partial charge in [-0.3, -0.25) is 0 Å². The minimum atomic E-state index is 0.341. The lowest BCUT2D eigenvalue weighted by atomic mass is 10.1. The lowest BCUT2D eigenvalue weighted by Crippen LogP contribution is -2.16. The van der Waals surface area contributed by atoms with Crippen LogP contribution in [0.25, 0.3) is 5.82 Å². The average Bonchev–Trinajstić information content (AvgIpc) is 2.63. The molecule has 0 aliphatic rings. The standard InChI is InChI=1S/C11H12N4S/c1-7-3-5-13-11(9(7)10(12)16)15-6-4-8(2)14-15/h3-6H,1-2H3,(H2,12,16). The van der Waals surface area contributed by atoms with E-state index in [1.165, 1.54) is 0 Å². The number of nitrogens with two attached hydrogens (primary N) is 1. The van der Waals surface area contributed by atoms with E-state index in [2.05, 4.69) is 10.1 Å². The van der Waals surface area contributed by atoms with Crippen molar-refractivity contribution in [1.29, 1.82) is 0 Å². The molecular formula is C11H12N4S. The molecule has 0 fully saturated rings. The molecule has 0 saturated carbocycles. The maximum atomic E-state index is 5.71. The number of pyridine rings is 1. The van der Waals surface area contributed by atoms with Gasteiger partial charge in [0.15, 0.2) is 5.82 Å². The summed E-state index contributed by atoms with van der Waals surface area (Å²) >= 11 is 5.04. The Morgan fingerprint density at radius 3 is 2.69 bits per heavy atom. The third-order valence-electron chi connectivity index (χ3n) is 2.33. The zero-order chi connectivity index (χ0) is 11.7. The van der Waals surface area contributed by atoms with Crippen molar-refractivity contribution in [3.05, 3.63) is 41.3 Å². The molecule has 0 atom stereocenters. The highest BCUT2D eigenvalue weighted by Crippen LogP contribution is 2.15. The molecule has 2 aromatic rings. The van der Waals surface area contributed by atoms with Crippen molar-refractivity contribution in [3.8, 4) is 5.82 Å². The number of hydrogen-bond donors (Lipinski definition) is 1. The largest absolute Gasteiger partial charge is 0.389 e. The molecule has 82 valence electrons. The summed E-state index contributed by atoms with van der Waals surface area (Å²) in [7, 11) is 0. The van der Waals surface area contributed by atoms with Gasteiger partial charge in [-0.2, -0.15) is 5.10 Å². The SMILES string of the molecule is Cc1ccn(-c2nccc(C)c2C(N)=S)n1. The number of aryl methyl sites for hydroxylation is 2. The van der Waals surface area contributed by atoms with E-state index in [1.54, 1.807) is 10.9 Å². The Morgan fingerprint density at radius 1 is 1.38 bits per heavy atom. The van der Waals surface area contributed by atoms with Gasteiger partial charge in [0, 0.05) is 12.4 Å². The van der Waals surface area contributed by atoms with Gasteiger partial charge in [0.25, 0.3) is 0 Å². The van der Waals surface area contributed by atoms with E-state index in [4.69, 9.17) is 18.0 Å². The zero-order valence-corrected chi connectivity index (χ0v) is 9.95. The van der Waals surface area contributed by atoms with E-state index in [1.807, 2.05) is 32.2 Å². The lowest BCUT2D eigenvalue weighted by molar-refractivity contribution is 0.828. The molecule has 2 rings (SSSR count). The number of thiocarbonyl (C=S) groups is 1. The molecule has 2 aromatic heterocycles. The smallest absolute Gasteiger partial charge is 0.163 e. The van der Waals surface area contributed by atoms with Crippen molar-refractivity contribution in [2.24, 2.45) is 5.73 Å². The summed E-state index contributed by atoms with van der Waals surface area (Å²) in [4.78, 5) is 4.62. The molecule has 4 nitrogen and oxygen atoms in total. The van der Waals surface area contributed by atoms with Gasteiger partial charge in [-0.1, -0.05) is 12.2 Å². The van der Waals surface area contributed by atoms with Gasteiger partial charge in [0.1, 0.15) is 4.99 Å². The second-order valence-corrected chi connectivity index (χ2v) is 4.03. The van der Waals surface area contributed by atoms with Crippen LogP contribution < -0.4 is 5.73 Å². The Bertz CT molecular complexity index is 545. The molecule has 0 aromatic carbocycles. The van der Waals surface area contributed by atoms with Crippen molar-refractivity contribution < 1.29 is 0 Å². The first kappa shape index (κ1) is 10.8. The minimum absolute atomic E-state index is 0.341. The normalized spacial score (nSPS) is 10.4. The van der Waals surface area contributed by atoms with E-state index < -0.39 is 0 Å². The van der Waals surface area contributed by atoms with Crippen molar-refractivity contribution in [1.82, 2.24) is 14.8 Å². The summed E-state index contributed by atoms with van der Waals surface area (Å²) in [5.74, 6) is 0.681. The Labute approximate surface area is 99.1 Å². The topological polar surface area (TPSA) is 56.7 Å². The van der Waals surface area contributed by atoms with Crippen molar-refractivity contribution in [2.75, 3.05) is 0 Å². The van der Waals surface area contributed by atoms with Gasteiger partial charge in [-0.15, -0.1) is 0 Å². The molecule has 0 saturated heterocycles. The molecule has 0 unspecified atom stereocenters. The second kappa shape index (κ2) is 4.02. The highest BCUT2D eigenvalue weighted by Gasteiger charge is 2.11. The van der Waals surface area contributed by atoms with Gasteiger partial charge >= 0.3 is 0 Å². The van der Waals surface area contributed by atoms with Crippen LogP contribution in [0.1, 0.15) is 16.8 Å². The first-order valence-corrected chi connectivity index (χ1v) is 5.28. The van der Waals surface area contributed by atoms with Crippen LogP contribution in [0.4, 0.5) is 0 Å².